The number of aryl methyl sites for hydroxylation is 1. The summed E-state index contributed by atoms with van der Waals surface area (Å²) in [5.41, 5.74) is 2.45. The molecule has 0 saturated heterocycles. The van der Waals surface area contributed by atoms with Crippen molar-refractivity contribution in [2.24, 2.45) is 5.92 Å². The van der Waals surface area contributed by atoms with Gasteiger partial charge in [-0.3, -0.25) is 14.6 Å². The molecule has 1 amide bonds. The van der Waals surface area contributed by atoms with Gasteiger partial charge in [-0.2, -0.15) is 0 Å². The van der Waals surface area contributed by atoms with E-state index in [0.717, 1.165) is 12.0 Å². The molecular weight excluding hydrogens is 308 g/mol. The molecule has 1 aromatic heterocycles. The smallest absolute Gasteiger partial charge is 0.306 e. The lowest BCUT2D eigenvalue weighted by atomic mass is 9.84. The van der Waals surface area contributed by atoms with E-state index < -0.39 is 5.97 Å². The minimum absolute atomic E-state index is 0.277. The molecule has 0 saturated carbocycles. The molecule has 0 spiro atoms. The number of carbonyl (C=O) groups excluding carboxylic acids is 1. The van der Waals surface area contributed by atoms with Gasteiger partial charge in [0.05, 0.1) is 5.92 Å². The van der Waals surface area contributed by atoms with E-state index in [1.165, 1.54) is 11.8 Å². The Hall–Kier alpha value is -2.89. The van der Waals surface area contributed by atoms with E-state index >= 15 is 0 Å². The molecule has 6 nitrogen and oxygen atoms in total. The molecule has 124 valence electrons. The Balaban J connectivity index is 1.81. The molecule has 0 aliphatic heterocycles. The van der Waals surface area contributed by atoms with Crippen molar-refractivity contribution >= 4 is 11.9 Å². The molecular formula is C18H18N2O4. The molecule has 1 atom stereocenters. The van der Waals surface area contributed by atoms with Crippen molar-refractivity contribution in [2.45, 2.75) is 19.3 Å². The normalized spacial score (nSPS) is 16.1. The number of aromatic nitrogens is 1. The first-order valence-electron chi connectivity index (χ1n) is 7.77. The summed E-state index contributed by atoms with van der Waals surface area (Å²) in [4.78, 5) is 26.8. The van der Waals surface area contributed by atoms with Crippen LogP contribution in [0, 0.1) is 5.92 Å². The molecule has 24 heavy (non-hydrogen) atoms. The topological polar surface area (TPSA) is 88.5 Å². The minimum Gasteiger partial charge on any atom is -0.481 e. The third-order valence-corrected chi connectivity index (χ3v) is 4.18. The Kier molecular flexibility index (Phi) is 4.46. The first kappa shape index (κ1) is 16.0. The number of carboxylic acids is 1. The van der Waals surface area contributed by atoms with Gasteiger partial charge in [0.2, 0.25) is 0 Å². The molecule has 6 heteroatoms. The minimum atomic E-state index is -0.753. The highest BCUT2D eigenvalue weighted by Crippen LogP contribution is 2.30. The van der Waals surface area contributed by atoms with Crippen LogP contribution in [0.5, 0.6) is 11.5 Å². The predicted molar refractivity (Wildman–Crippen MR) is 87.3 cm³/mol. The Morgan fingerprint density at radius 1 is 1.21 bits per heavy atom. The van der Waals surface area contributed by atoms with E-state index in [0.29, 0.717) is 24.3 Å². The van der Waals surface area contributed by atoms with Crippen molar-refractivity contribution in [2.75, 3.05) is 7.05 Å². The Morgan fingerprint density at radius 3 is 2.75 bits per heavy atom. The monoisotopic (exact) mass is 326 g/mol. The number of pyridine rings is 1. The van der Waals surface area contributed by atoms with Crippen LogP contribution in [0.3, 0.4) is 0 Å². The van der Waals surface area contributed by atoms with Crippen LogP contribution >= 0.6 is 0 Å². The highest BCUT2D eigenvalue weighted by atomic mass is 16.5. The van der Waals surface area contributed by atoms with Gasteiger partial charge in [0.25, 0.3) is 5.91 Å². The summed E-state index contributed by atoms with van der Waals surface area (Å²) in [6, 6.07) is 8.96. The second kappa shape index (κ2) is 6.70. The number of nitrogens with zero attached hydrogens (tertiary/aromatic N) is 1. The lowest BCUT2D eigenvalue weighted by molar-refractivity contribution is -0.142. The van der Waals surface area contributed by atoms with Gasteiger partial charge >= 0.3 is 5.97 Å². The van der Waals surface area contributed by atoms with E-state index in [-0.39, 0.29) is 17.5 Å². The molecule has 1 unspecified atom stereocenters. The van der Waals surface area contributed by atoms with Crippen LogP contribution in [0.4, 0.5) is 0 Å². The zero-order valence-electron chi connectivity index (χ0n) is 13.3. The summed E-state index contributed by atoms with van der Waals surface area (Å²) in [6.45, 7) is 0. The van der Waals surface area contributed by atoms with Gasteiger partial charge in [-0.1, -0.05) is 6.07 Å². The number of aliphatic carboxylic acids is 1. The SMILES string of the molecule is CNC(=O)c1cc(Oc2ccc3c(c2)CC(C(=O)O)CC3)ccn1. The van der Waals surface area contributed by atoms with Gasteiger partial charge in [0.15, 0.2) is 0 Å². The standard InChI is InChI=1S/C18H18N2O4/c1-19-17(21)16-10-15(6-7-20-16)24-14-5-4-11-2-3-12(18(22)23)8-13(11)9-14/h4-7,9-10,12H,2-3,8H2,1H3,(H,19,21)(H,22,23). The molecule has 3 rings (SSSR count). The first-order chi connectivity index (χ1) is 11.6. The van der Waals surface area contributed by atoms with Crippen LogP contribution in [0.15, 0.2) is 36.5 Å². The quantitative estimate of drug-likeness (QED) is 0.901. The Morgan fingerprint density at radius 2 is 2.00 bits per heavy atom. The fraction of sp³-hybridized carbons (Fsp3) is 0.278. The van der Waals surface area contributed by atoms with Crippen LogP contribution < -0.4 is 10.1 Å². The Bertz CT molecular complexity index is 788. The average molecular weight is 326 g/mol. The summed E-state index contributed by atoms with van der Waals surface area (Å²) < 4.78 is 5.81. The van der Waals surface area contributed by atoms with Crippen molar-refractivity contribution < 1.29 is 19.4 Å². The van der Waals surface area contributed by atoms with E-state index in [2.05, 4.69) is 10.3 Å². The second-order valence-corrected chi connectivity index (χ2v) is 5.77. The number of hydrogen-bond donors (Lipinski definition) is 2. The molecule has 1 heterocycles. The van der Waals surface area contributed by atoms with Crippen molar-refractivity contribution in [3.63, 3.8) is 0 Å². The maximum atomic E-state index is 11.6. The van der Waals surface area contributed by atoms with Crippen molar-refractivity contribution in [1.29, 1.82) is 0 Å². The van der Waals surface area contributed by atoms with Gasteiger partial charge in [-0.25, -0.2) is 0 Å². The average Bonchev–Trinajstić information content (AvgIpc) is 2.60. The number of amides is 1. The maximum Gasteiger partial charge on any atom is 0.306 e. The fourth-order valence-electron chi connectivity index (χ4n) is 2.87. The summed E-state index contributed by atoms with van der Waals surface area (Å²) in [6.07, 6.45) is 3.46. The molecule has 0 fully saturated rings. The number of carbonyl (C=O) groups is 2. The Labute approximate surface area is 139 Å². The van der Waals surface area contributed by atoms with Crippen molar-refractivity contribution in [1.82, 2.24) is 10.3 Å². The predicted octanol–water partition coefficient (Wildman–Crippen LogP) is 2.42. The van der Waals surface area contributed by atoms with Crippen LogP contribution in [-0.4, -0.2) is 29.0 Å². The lowest BCUT2D eigenvalue weighted by Crippen LogP contribution is -2.22. The van der Waals surface area contributed by atoms with Gasteiger partial charge in [-0.15, -0.1) is 0 Å². The molecule has 1 aliphatic carbocycles. The number of rotatable bonds is 4. The molecule has 0 radical (unpaired) electrons. The summed E-state index contributed by atoms with van der Waals surface area (Å²) in [5, 5.41) is 11.7. The second-order valence-electron chi connectivity index (χ2n) is 5.77. The van der Waals surface area contributed by atoms with Gasteiger partial charge in [-0.05, 0) is 48.6 Å². The molecule has 0 bridgehead atoms. The van der Waals surface area contributed by atoms with E-state index in [1.807, 2.05) is 18.2 Å². The molecule has 2 aromatic rings. The van der Waals surface area contributed by atoms with Crippen molar-refractivity contribution in [3.05, 3.63) is 53.3 Å². The number of hydrogen-bond acceptors (Lipinski definition) is 4. The summed E-state index contributed by atoms with van der Waals surface area (Å²) >= 11 is 0. The number of nitrogens with one attached hydrogen (secondary N) is 1. The summed E-state index contributed by atoms with van der Waals surface area (Å²) in [7, 11) is 1.54. The zero-order valence-corrected chi connectivity index (χ0v) is 13.3. The molecule has 1 aromatic carbocycles. The van der Waals surface area contributed by atoms with Crippen LogP contribution in [0.25, 0.3) is 0 Å². The number of ether oxygens (including phenoxy) is 1. The molecule has 2 N–H and O–H groups in total. The highest BCUT2D eigenvalue weighted by Gasteiger charge is 2.24. The lowest BCUT2D eigenvalue weighted by Gasteiger charge is -2.22. The fourth-order valence-corrected chi connectivity index (χ4v) is 2.87. The van der Waals surface area contributed by atoms with E-state index in [4.69, 9.17) is 4.74 Å². The number of carboxylic acid groups (broad SMARTS) is 1. The summed E-state index contributed by atoms with van der Waals surface area (Å²) in [5.74, 6) is -0.247. The van der Waals surface area contributed by atoms with Crippen LogP contribution in [0.1, 0.15) is 28.0 Å². The molecule has 1 aliphatic rings. The van der Waals surface area contributed by atoms with Crippen molar-refractivity contribution in [3.8, 4) is 11.5 Å². The zero-order chi connectivity index (χ0) is 17.1. The van der Waals surface area contributed by atoms with E-state index in [1.54, 1.807) is 19.2 Å². The number of benzene rings is 1. The largest absolute Gasteiger partial charge is 0.481 e. The first-order valence-corrected chi connectivity index (χ1v) is 7.77. The van der Waals surface area contributed by atoms with Crippen LogP contribution in [-0.2, 0) is 17.6 Å². The maximum absolute atomic E-state index is 11.6. The number of fused-ring (bicyclic) bond motifs is 1. The van der Waals surface area contributed by atoms with Gasteiger partial charge < -0.3 is 15.2 Å². The van der Waals surface area contributed by atoms with Gasteiger partial charge in [0.1, 0.15) is 17.2 Å². The van der Waals surface area contributed by atoms with Gasteiger partial charge in [0, 0.05) is 19.3 Å². The van der Waals surface area contributed by atoms with Crippen LogP contribution in [0.2, 0.25) is 0 Å². The van der Waals surface area contributed by atoms with E-state index in [9.17, 15) is 14.7 Å². The third kappa shape index (κ3) is 3.37. The third-order valence-electron chi connectivity index (χ3n) is 4.18. The highest BCUT2D eigenvalue weighted by molar-refractivity contribution is 5.92.